The highest BCUT2D eigenvalue weighted by atomic mass is 35.5. The lowest BCUT2D eigenvalue weighted by Gasteiger charge is -2.40. The summed E-state index contributed by atoms with van der Waals surface area (Å²) in [6.07, 6.45) is 0.582. The van der Waals surface area contributed by atoms with Gasteiger partial charge in [0.15, 0.2) is 0 Å². The molecule has 5 heteroatoms. The highest BCUT2D eigenvalue weighted by Gasteiger charge is 2.43. The van der Waals surface area contributed by atoms with E-state index >= 15 is 0 Å². The van der Waals surface area contributed by atoms with Crippen LogP contribution in [0.4, 0.5) is 8.78 Å². The van der Waals surface area contributed by atoms with Crippen LogP contribution in [0.3, 0.4) is 0 Å². The summed E-state index contributed by atoms with van der Waals surface area (Å²) in [5.74, 6) is -2.55. The van der Waals surface area contributed by atoms with E-state index in [0.717, 1.165) is 11.3 Å². The first kappa shape index (κ1) is 13.7. The summed E-state index contributed by atoms with van der Waals surface area (Å²) in [7, 11) is 0. The Morgan fingerprint density at radius 3 is 2.39 bits per heavy atom. The fraction of sp³-hybridized carbons (Fsp3) is 0.615. The molecule has 0 saturated heterocycles. The van der Waals surface area contributed by atoms with Crippen LogP contribution in [0.25, 0.3) is 0 Å². The fourth-order valence-corrected chi connectivity index (χ4v) is 2.89. The SMILES string of the molecule is Cc1cc(C2(CN)CCC(F)(F)CC2)cc(Cl)n1. The summed E-state index contributed by atoms with van der Waals surface area (Å²) in [5.41, 5.74) is 7.21. The normalized spacial score (nSPS) is 21.8. The third kappa shape index (κ3) is 2.64. The largest absolute Gasteiger partial charge is 0.330 e. The molecule has 100 valence electrons. The third-order valence-corrected chi connectivity index (χ3v) is 4.06. The van der Waals surface area contributed by atoms with Gasteiger partial charge >= 0.3 is 0 Å². The first-order valence-electron chi connectivity index (χ1n) is 6.09. The minimum absolute atomic E-state index is 0.108. The van der Waals surface area contributed by atoms with Crippen molar-refractivity contribution in [1.82, 2.24) is 4.98 Å². The zero-order valence-electron chi connectivity index (χ0n) is 10.3. The molecule has 1 aliphatic carbocycles. The van der Waals surface area contributed by atoms with Gasteiger partial charge in [-0.25, -0.2) is 13.8 Å². The Balaban J connectivity index is 2.33. The van der Waals surface area contributed by atoms with E-state index in [1.54, 1.807) is 6.07 Å². The molecule has 2 nitrogen and oxygen atoms in total. The predicted molar refractivity (Wildman–Crippen MR) is 68.1 cm³/mol. The van der Waals surface area contributed by atoms with E-state index in [9.17, 15) is 8.78 Å². The standard InChI is InChI=1S/C13H17ClF2N2/c1-9-6-10(7-11(14)18-9)12(8-17)2-4-13(15,16)5-3-12/h6-7H,2-5,8,17H2,1H3. The maximum atomic E-state index is 13.3. The lowest BCUT2D eigenvalue weighted by molar-refractivity contribution is -0.0509. The van der Waals surface area contributed by atoms with E-state index in [-0.39, 0.29) is 18.3 Å². The Kier molecular flexibility index (Phi) is 3.60. The van der Waals surface area contributed by atoms with Crippen LogP contribution < -0.4 is 5.73 Å². The van der Waals surface area contributed by atoms with E-state index in [2.05, 4.69) is 4.98 Å². The Hall–Kier alpha value is -0.740. The molecule has 1 aromatic rings. The molecule has 0 aliphatic heterocycles. The molecule has 0 amide bonds. The minimum Gasteiger partial charge on any atom is -0.330 e. The molecule has 1 saturated carbocycles. The van der Waals surface area contributed by atoms with Crippen molar-refractivity contribution in [1.29, 1.82) is 0 Å². The highest BCUT2D eigenvalue weighted by molar-refractivity contribution is 6.29. The summed E-state index contributed by atoms with van der Waals surface area (Å²) < 4.78 is 26.6. The Labute approximate surface area is 111 Å². The molecule has 2 rings (SSSR count). The molecule has 0 unspecified atom stereocenters. The van der Waals surface area contributed by atoms with E-state index in [1.165, 1.54) is 0 Å². The van der Waals surface area contributed by atoms with Crippen LogP contribution in [0.2, 0.25) is 5.15 Å². The van der Waals surface area contributed by atoms with Gasteiger partial charge in [0.05, 0.1) is 0 Å². The third-order valence-electron chi connectivity index (χ3n) is 3.86. The van der Waals surface area contributed by atoms with Crippen molar-refractivity contribution in [2.24, 2.45) is 5.73 Å². The van der Waals surface area contributed by atoms with Crippen LogP contribution in [-0.4, -0.2) is 17.5 Å². The van der Waals surface area contributed by atoms with Gasteiger partial charge in [-0.2, -0.15) is 0 Å². The van der Waals surface area contributed by atoms with E-state index in [0.29, 0.717) is 24.5 Å². The van der Waals surface area contributed by atoms with Gasteiger partial charge in [-0.3, -0.25) is 0 Å². The van der Waals surface area contributed by atoms with Gasteiger partial charge in [-0.15, -0.1) is 0 Å². The summed E-state index contributed by atoms with van der Waals surface area (Å²) in [6.45, 7) is 2.21. The molecule has 2 N–H and O–H groups in total. The molecule has 0 aromatic carbocycles. The molecule has 18 heavy (non-hydrogen) atoms. The summed E-state index contributed by atoms with van der Waals surface area (Å²) in [4.78, 5) is 4.10. The van der Waals surface area contributed by atoms with Crippen molar-refractivity contribution < 1.29 is 8.78 Å². The zero-order valence-corrected chi connectivity index (χ0v) is 11.1. The van der Waals surface area contributed by atoms with Crippen molar-refractivity contribution >= 4 is 11.6 Å². The van der Waals surface area contributed by atoms with Crippen molar-refractivity contribution in [3.8, 4) is 0 Å². The van der Waals surface area contributed by atoms with Crippen LogP contribution in [0.5, 0.6) is 0 Å². The molecule has 1 aliphatic rings. The molecule has 1 aromatic heterocycles. The lowest BCUT2D eigenvalue weighted by atomic mass is 9.68. The summed E-state index contributed by atoms with van der Waals surface area (Å²) >= 11 is 5.94. The number of aryl methyl sites for hydroxylation is 1. The number of alkyl halides is 2. The van der Waals surface area contributed by atoms with Crippen LogP contribution in [0.15, 0.2) is 12.1 Å². The second kappa shape index (κ2) is 4.74. The van der Waals surface area contributed by atoms with Crippen molar-refractivity contribution in [2.45, 2.75) is 43.9 Å². The predicted octanol–water partition coefficient (Wildman–Crippen LogP) is 3.45. The number of nitrogens with zero attached hydrogens (tertiary/aromatic N) is 1. The molecule has 0 spiro atoms. The number of rotatable bonds is 2. The van der Waals surface area contributed by atoms with Crippen LogP contribution in [0, 0.1) is 6.92 Å². The van der Waals surface area contributed by atoms with E-state index in [4.69, 9.17) is 17.3 Å². The Morgan fingerprint density at radius 2 is 1.89 bits per heavy atom. The van der Waals surface area contributed by atoms with Gasteiger partial charge in [0, 0.05) is 30.5 Å². The number of hydrogen-bond acceptors (Lipinski definition) is 2. The topological polar surface area (TPSA) is 38.9 Å². The average molecular weight is 275 g/mol. The second-order valence-electron chi connectivity index (χ2n) is 5.16. The number of aromatic nitrogens is 1. The molecular weight excluding hydrogens is 258 g/mol. The van der Waals surface area contributed by atoms with Crippen molar-refractivity contribution in [3.63, 3.8) is 0 Å². The average Bonchev–Trinajstić information content (AvgIpc) is 2.28. The lowest BCUT2D eigenvalue weighted by Crippen LogP contribution is -2.42. The summed E-state index contributed by atoms with van der Waals surface area (Å²) in [6, 6.07) is 3.66. The zero-order chi connectivity index (χ0) is 13.4. The van der Waals surface area contributed by atoms with Gasteiger partial charge in [-0.1, -0.05) is 11.6 Å². The van der Waals surface area contributed by atoms with E-state index in [1.807, 2.05) is 13.0 Å². The second-order valence-corrected chi connectivity index (χ2v) is 5.55. The van der Waals surface area contributed by atoms with E-state index < -0.39 is 5.92 Å². The molecule has 1 fully saturated rings. The molecule has 0 radical (unpaired) electrons. The highest BCUT2D eigenvalue weighted by Crippen LogP contribution is 2.45. The Morgan fingerprint density at radius 1 is 1.28 bits per heavy atom. The van der Waals surface area contributed by atoms with Gasteiger partial charge < -0.3 is 5.73 Å². The number of hydrogen-bond donors (Lipinski definition) is 1. The van der Waals surface area contributed by atoms with Crippen LogP contribution >= 0.6 is 11.6 Å². The fourth-order valence-electron chi connectivity index (χ4n) is 2.64. The number of nitrogens with two attached hydrogens (primary N) is 1. The maximum Gasteiger partial charge on any atom is 0.248 e. The monoisotopic (exact) mass is 274 g/mol. The van der Waals surface area contributed by atoms with Crippen molar-refractivity contribution in [3.05, 3.63) is 28.5 Å². The quantitative estimate of drug-likeness (QED) is 0.839. The minimum atomic E-state index is -2.55. The smallest absolute Gasteiger partial charge is 0.248 e. The maximum absolute atomic E-state index is 13.3. The van der Waals surface area contributed by atoms with Gasteiger partial charge in [0.2, 0.25) is 5.92 Å². The van der Waals surface area contributed by atoms with Gasteiger partial charge in [-0.05, 0) is 37.5 Å². The Bertz CT molecular complexity index is 418. The number of halogens is 3. The first-order valence-corrected chi connectivity index (χ1v) is 6.47. The molecule has 1 heterocycles. The van der Waals surface area contributed by atoms with Crippen LogP contribution in [0.1, 0.15) is 36.9 Å². The summed E-state index contributed by atoms with van der Waals surface area (Å²) in [5, 5.41) is 0.398. The van der Waals surface area contributed by atoms with Crippen molar-refractivity contribution in [2.75, 3.05) is 6.54 Å². The van der Waals surface area contributed by atoms with Crippen LogP contribution in [-0.2, 0) is 5.41 Å². The molecule has 0 bridgehead atoms. The first-order chi connectivity index (χ1) is 8.37. The van der Waals surface area contributed by atoms with Gasteiger partial charge in [0.25, 0.3) is 0 Å². The molecule has 0 atom stereocenters. The van der Waals surface area contributed by atoms with Gasteiger partial charge in [0.1, 0.15) is 5.15 Å². The number of pyridine rings is 1. The molecular formula is C13H17ClF2N2.